The molecule has 0 aromatic rings. The second-order valence-electron chi connectivity index (χ2n) is 9.02. The summed E-state index contributed by atoms with van der Waals surface area (Å²) in [6.45, 7) is 4.47. The van der Waals surface area contributed by atoms with E-state index in [4.69, 9.17) is 0 Å². The molecule has 4 rings (SSSR count). The Morgan fingerprint density at radius 3 is 2.59 bits per heavy atom. The van der Waals surface area contributed by atoms with Crippen molar-refractivity contribution in [1.82, 2.24) is 0 Å². The van der Waals surface area contributed by atoms with Crippen LogP contribution in [0.1, 0.15) is 58.8 Å². The summed E-state index contributed by atoms with van der Waals surface area (Å²) in [6, 6.07) is 0. The molecule has 0 amide bonds. The first-order chi connectivity index (χ1) is 10.3. The van der Waals surface area contributed by atoms with Gasteiger partial charge in [-0.15, -0.1) is 0 Å². The van der Waals surface area contributed by atoms with Crippen molar-refractivity contribution in [2.24, 2.45) is 34.5 Å². The fraction of sp³-hybridized carbons (Fsp3) is 0.895. The minimum absolute atomic E-state index is 0.175. The molecular formula is C19H30O3. The van der Waals surface area contributed by atoms with Crippen LogP contribution in [0, 0.1) is 34.5 Å². The zero-order chi connectivity index (χ0) is 15.8. The second-order valence-corrected chi connectivity index (χ2v) is 9.02. The monoisotopic (exact) mass is 306 g/mol. The molecule has 1 unspecified atom stereocenters. The van der Waals surface area contributed by atoms with Crippen LogP contribution in [0.3, 0.4) is 0 Å². The molecule has 0 spiro atoms. The summed E-state index contributed by atoms with van der Waals surface area (Å²) in [7, 11) is 0. The first-order valence-corrected chi connectivity index (χ1v) is 9.10. The van der Waals surface area contributed by atoms with Gasteiger partial charge in [-0.1, -0.05) is 26.3 Å². The third kappa shape index (κ3) is 1.73. The number of rotatable bonds is 0. The summed E-state index contributed by atoms with van der Waals surface area (Å²) in [6.07, 6.45) is 10.7. The van der Waals surface area contributed by atoms with Crippen LogP contribution >= 0.6 is 0 Å². The molecule has 3 saturated carbocycles. The fourth-order valence-electron chi connectivity index (χ4n) is 6.91. The average molecular weight is 306 g/mol. The SMILES string of the molecule is C[C@@]12CCC[C@H]1[C@@H]1[C@H](O)CC3CC=CC(O)(O)[C@]3(C)[C@H]1CC2. The normalized spacial score (nSPS) is 56.1. The quantitative estimate of drug-likeness (QED) is 0.476. The third-order valence-electron chi connectivity index (χ3n) is 8.27. The van der Waals surface area contributed by atoms with Gasteiger partial charge in [0.05, 0.1) is 6.10 Å². The van der Waals surface area contributed by atoms with Gasteiger partial charge < -0.3 is 15.3 Å². The Bertz CT molecular complexity index is 499. The molecule has 0 radical (unpaired) electrons. The van der Waals surface area contributed by atoms with E-state index < -0.39 is 11.2 Å². The van der Waals surface area contributed by atoms with Crippen LogP contribution in [0.4, 0.5) is 0 Å². The van der Waals surface area contributed by atoms with Crippen molar-refractivity contribution in [1.29, 1.82) is 0 Å². The lowest BCUT2D eigenvalue weighted by Gasteiger charge is -2.63. The van der Waals surface area contributed by atoms with E-state index >= 15 is 0 Å². The topological polar surface area (TPSA) is 60.7 Å². The van der Waals surface area contributed by atoms with Crippen LogP contribution in [0.2, 0.25) is 0 Å². The minimum atomic E-state index is -1.73. The van der Waals surface area contributed by atoms with Crippen LogP contribution < -0.4 is 0 Å². The van der Waals surface area contributed by atoms with Gasteiger partial charge in [-0.2, -0.15) is 0 Å². The fourth-order valence-corrected chi connectivity index (χ4v) is 6.91. The molecule has 7 atom stereocenters. The third-order valence-corrected chi connectivity index (χ3v) is 8.27. The van der Waals surface area contributed by atoms with Gasteiger partial charge in [-0.3, -0.25) is 0 Å². The van der Waals surface area contributed by atoms with E-state index in [1.54, 1.807) is 6.08 Å². The van der Waals surface area contributed by atoms with Crippen molar-refractivity contribution < 1.29 is 15.3 Å². The smallest absolute Gasteiger partial charge is 0.188 e. The lowest BCUT2D eigenvalue weighted by atomic mass is 9.44. The lowest BCUT2D eigenvalue weighted by Crippen LogP contribution is -2.64. The second kappa shape index (κ2) is 4.58. The van der Waals surface area contributed by atoms with Crippen LogP contribution in [-0.4, -0.2) is 27.2 Å². The highest BCUT2D eigenvalue weighted by Gasteiger charge is 2.65. The molecule has 4 aliphatic carbocycles. The van der Waals surface area contributed by atoms with E-state index in [0.717, 1.165) is 19.3 Å². The molecule has 124 valence electrons. The van der Waals surface area contributed by atoms with E-state index in [1.807, 2.05) is 6.08 Å². The molecule has 0 aliphatic heterocycles. The van der Waals surface area contributed by atoms with E-state index in [0.29, 0.717) is 11.3 Å². The van der Waals surface area contributed by atoms with Crippen molar-refractivity contribution in [2.45, 2.75) is 70.7 Å². The molecule has 22 heavy (non-hydrogen) atoms. The number of allylic oxidation sites excluding steroid dienone is 1. The highest BCUT2D eigenvalue weighted by atomic mass is 16.5. The van der Waals surface area contributed by atoms with Gasteiger partial charge in [0.1, 0.15) is 0 Å². The standard InChI is InChI=1S/C19H30O3/c1-17-8-4-6-13(17)16-14(7-10-17)18(2)12(11-15(16)20)5-3-9-19(18,21)22/h3,9,12-16,20-22H,4-8,10-11H2,1-2H3/t12?,13-,14-,15+,16-,17-,18-/m0/s1. The number of aliphatic hydroxyl groups excluding tert-OH is 1. The molecular weight excluding hydrogens is 276 g/mol. The van der Waals surface area contributed by atoms with Crippen molar-refractivity contribution in [3.05, 3.63) is 12.2 Å². The first-order valence-electron chi connectivity index (χ1n) is 9.10. The molecule has 0 aromatic heterocycles. The maximum atomic E-state index is 10.9. The van der Waals surface area contributed by atoms with E-state index in [1.165, 1.54) is 25.7 Å². The van der Waals surface area contributed by atoms with Crippen LogP contribution in [0.5, 0.6) is 0 Å². The molecule has 0 aromatic carbocycles. The molecule has 0 saturated heterocycles. The first kappa shape index (κ1) is 15.2. The minimum Gasteiger partial charge on any atom is -0.393 e. The van der Waals surface area contributed by atoms with Gasteiger partial charge >= 0.3 is 0 Å². The Kier molecular flexibility index (Phi) is 3.16. The highest BCUT2D eigenvalue weighted by Crippen LogP contribution is 2.66. The van der Waals surface area contributed by atoms with Gasteiger partial charge in [0.15, 0.2) is 5.79 Å². The van der Waals surface area contributed by atoms with E-state index in [2.05, 4.69) is 13.8 Å². The summed E-state index contributed by atoms with van der Waals surface area (Å²) in [5.41, 5.74) is -0.154. The van der Waals surface area contributed by atoms with Gasteiger partial charge in [0.2, 0.25) is 0 Å². The average Bonchev–Trinajstić information content (AvgIpc) is 2.83. The Hall–Kier alpha value is -0.380. The summed E-state index contributed by atoms with van der Waals surface area (Å²) in [5, 5.41) is 32.4. The van der Waals surface area contributed by atoms with Crippen molar-refractivity contribution in [3.63, 3.8) is 0 Å². The molecule has 0 bridgehead atoms. The zero-order valence-electron chi connectivity index (χ0n) is 13.8. The van der Waals surface area contributed by atoms with Crippen molar-refractivity contribution in [2.75, 3.05) is 0 Å². The van der Waals surface area contributed by atoms with Crippen molar-refractivity contribution in [3.8, 4) is 0 Å². The van der Waals surface area contributed by atoms with Crippen LogP contribution in [0.25, 0.3) is 0 Å². The largest absolute Gasteiger partial charge is 0.393 e. The van der Waals surface area contributed by atoms with Gasteiger partial charge in [0.25, 0.3) is 0 Å². The van der Waals surface area contributed by atoms with Gasteiger partial charge in [-0.25, -0.2) is 0 Å². The van der Waals surface area contributed by atoms with E-state index in [-0.39, 0.29) is 23.9 Å². The molecule has 3 N–H and O–H groups in total. The summed E-state index contributed by atoms with van der Waals surface area (Å²) in [4.78, 5) is 0. The van der Waals surface area contributed by atoms with Crippen LogP contribution in [-0.2, 0) is 0 Å². The van der Waals surface area contributed by atoms with Crippen molar-refractivity contribution >= 4 is 0 Å². The predicted octanol–water partition coefficient (Wildman–Crippen LogP) is 2.85. The van der Waals surface area contributed by atoms with Gasteiger partial charge in [0, 0.05) is 5.41 Å². The maximum Gasteiger partial charge on any atom is 0.188 e. The number of hydrogen-bond donors (Lipinski definition) is 3. The Morgan fingerprint density at radius 2 is 1.82 bits per heavy atom. The summed E-state index contributed by atoms with van der Waals surface area (Å²) >= 11 is 0. The highest BCUT2D eigenvalue weighted by molar-refractivity contribution is 5.19. The Labute approximate surface area is 133 Å². The molecule has 4 aliphatic rings. The molecule has 0 heterocycles. The summed E-state index contributed by atoms with van der Waals surface area (Å²) in [5.74, 6) is -0.536. The van der Waals surface area contributed by atoms with Gasteiger partial charge in [-0.05, 0) is 73.7 Å². The predicted molar refractivity (Wildman–Crippen MR) is 84.8 cm³/mol. The summed E-state index contributed by atoms with van der Waals surface area (Å²) < 4.78 is 0. The Balaban J connectivity index is 1.77. The number of aliphatic hydroxyl groups is 3. The molecule has 3 heteroatoms. The lowest BCUT2D eigenvalue weighted by molar-refractivity contribution is -0.284. The van der Waals surface area contributed by atoms with Crippen LogP contribution in [0.15, 0.2) is 12.2 Å². The van der Waals surface area contributed by atoms with E-state index in [9.17, 15) is 15.3 Å². The molecule has 3 fully saturated rings. The molecule has 3 nitrogen and oxygen atoms in total. The Morgan fingerprint density at radius 1 is 1.05 bits per heavy atom. The number of fused-ring (bicyclic) bond motifs is 5. The maximum absolute atomic E-state index is 10.9. The zero-order valence-corrected chi connectivity index (χ0v) is 13.8. The number of hydrogen-bond acceptors (Lipinski definition) is 3.